The van der Waals surface area contributed by atoms with Crippen molar-refractivity contribution < 1.29 is 4.79 Å². The number of hydrogen-bond acceptors (Lipinski definition) is 3. The molecule has 0 aliphatic heterocycles. The van der Waals surface area contributed by atoms with Crippen molar-refractivity contribution in [1.82, 2.24) is 15.0 Å². The van der Waals surface area contributed by atoms with Gasteiger partial charge in [0, 0.05) is 22.7 Å². The van der Waals surface area contributed by atoms with Gasteiger partial charge in [-0.25, -0.2) is 9.97 Å². The molecule has 2 N–H and O–H groups in total. The van der Waals surface area contributed by atoms with Crippen LogP contribution in [0.2, 0.25) is 0 Å². The summed E-state index contributed by atoms with van der Waals surface area (Å²) in [6.07, 6.45) is 4.87. The average molecular weight is 317 g/mol. The van der Waals surface area contributed by atoms with Gasteiger partial charge in [0.1, 0.15) is 4.60 Å². The summed E-state index contributed by atoms with van der Waals surface area (Å²) in [6, 6.07) is 7.39. The van der Waals surface area contributed by atoms with Gasteiger partial charge in [-0.2, -0.15) is 0 Å². The molecule has 6 heteroatoms. The lowest BCUT2D eigenvalue weighted by Crippen LogP contribution is -2.12. The fourth-order valence-corrected chi connectivity index (χ4v) is 1.96. The number of hydrogen-bond donors (Lipinski definition) is 2. The fraction of sp³-hybridized carbons (Fsp3) is 0. The summed E-state index contributed by atoms with van der Waals surface area (Å²) in [5.41, 5.74) is 1.58. The van der Waals surface area contributed by atoms with Gasteiger partial charge in [0.15, 0.2) is 5.82 Å². The lowest BCUT2D eigenvalue weighted by Gasteiger charge is -2.04. The molecule has 2 heterocycles. The number of benzene rings is 1. The van der Waals surface area contributed by atoms with E-state index in [1.165, 1.54) is 12.4 Å². The molecule has 0 aliphatic carbocycles. The average Bonchev–Trinajstić information content (AvgIpc) is 2.88. The second-order valence-electron chi connectivity index (χ2n) is 3.96. The van der Waals surface area contributed by atoms with Crippen LogP contribution >= 0.6 is 15.9 Å². The molecule has 0 saturated carbocycles. The second-order valence-corrected chi connectivity index (χ2v) is 4.77. The molecule has 94 valence electrons. The van der Waals surface area contributed by atoms with Crippen molar-refractivity contribution in [2.24, 2.45) is 0 Å². The van der Waals surface area contributed by atoms with Crippen molar-refractivity contribution in [2.75, 3.05) is 5.32 Å². The normalized spacial score (nSPS) is 10.6. The van der Waals surface area contributed by atoms with E-state index in [0.29, 0.717) is 16.0 Å². The summed E-state index contributed by atoms with van der Waals surface area (Å²) in [5.74, 6) is 0.210. The zero-order valence-corrected chi connectivity index (χ0v) is 11.3. The van der Waals surface area contributed by atoms with Crippen LogP contribution in [-0.2, 0) is 0 Å². The minimum atomic E-state index is -0.209. The number of nitrogens with zero attached hydrogens (tertiary/aromatic N) is 2. The molecule has 1 amide bonds. The van der Waals surface area contributed by atoms with E-state index >= 15 is 0 Å². The Morgan fingerprint density at radius 3 is 2.89 bits per heavy atom. The van der Waals surface area contributed by atoms with Crippen molar-refractivity contribution >= 4 is 38.6 Å². The Morgan fingerprint density at radius 2 is 2.11 bits per heavy atom. The number of nitrogens with one attached hydrogen (secondary N) is 2. The van der Waals surface area contributed by atoms with Crippen molar-refractivity contribution in [3.63, 3.8) is 0 Å². The summed E-state index contributed by atoms with van der Waals surface area (Å²) in [7, 11) is 0. The number of carbonyl (C=O) groups is 1. The van der Waals surface area contributed by atoms with Crippen LogP contribution in [0.25, 0.3) is 10.9 Å². The topological polar surface area (TPSA) is 70.7 Å². The lowest BCUT2D eigenvalue weighted by atomic mass is 10.1. The highest BCUT2D eigenvalue weighted by Gasteiger charge is 2.08. The van der Waals surface area contributed by atoms with Gasteiger partial charge in [-0.1, -0.05) is 0 Å². The molecule has 0 bridgehead atoms. The number of H-pyrrole nitrogens is 1. The highest BCUT2D eigenvalue weighted by atomic mass is 79.9. The predicted octanol–water partition coefficient (Wildman–Crippen LogP) is 2.97. The van der Waals surface area contributed by atoms with Crippen LogP contribution < -0.4 is 5.32 Å². The Bertz CT molecular complexity index is 736. The largest absolute Gasteiger partial charge is 0.361 e. The Labute approximate surface area is 117 Å². The maximum atomic E-state index is 12.1. The van der Waals surface area contributed by atoms with Crippen LogP contribution in [0.1, 0.15) is 10.4 Å². The molecule has 0 saturated heterocycles. The number of amides is 1. The molecule has 5 nitrogen and oxygen atoms in total. The Morgan fingerprint density at radius 1 is 1.21 bits per heavy atom. The van der Waals surface area contributed by atoms with Gasteiger partial charge in [-0.05, 0) is 40.2 Å². The van der Waals surface area contributed by atoms with Gasteiger partial charge >= 0.3 is 0 Å². The maximum absolute atomic E-state index is 12.1. The van der Waals surface area contributed by atoms with Crippen LogP contribution in [0.3, 0.4) is 0 Å². The van der Waals surface area contributed by atoms with Crippen molar-refractivity contribution in [1.29, 1.82) is 0 Å². The van der Waals surface area contributed by atoms with Gasteiger partial charge in [0.25, 0.3) is 5.91 Å². The SMILES string of the molecule is O=C(Nc1cnc(Br)cn1)c1ccc2[nH]ccc2c1. The number of halogens is 1. The van der Waals surface area contributed by atoms with E-state index in [0.717, 1.165) is 10.9 Å². The first-order chi connectivity index (χ1) is 9.22. The van der Waals surface area contributed by atoms with Crippen molar-refractivity contribution in [2.45, 2.75) is 0 Å². The summed E-state index contributed by atoms with van der Waals surface area (Å²) in [4.78, 5) is 23.2. The van der Waals surface area contributed by atoms with Crippen LogP contribution in [0.4, 0.5) is 5.82 Å². The molecule has 0 aliphatic rings. The molecule has 0 unspecified atom stereocenters. The molecule has 0 radical (unpaired) electrons. The Kier molecular flexibility index (Phi) is 3.00. The third-order valence-electron chi connectivity index (χ3n) is 2.68. The van der Waals surface area contributed by atoms with E-state index in [1.807, 2.05) is 24.4 Å². The molecule has 3 aromatic rings. The molecule has 0 fully saturated rings. The summed E-state index contributed by atoms with van der Waals surface area (Å²) < 4.78 is 0.624. The van der Waals surface area contributed by atoms with E-state index in [-0.39, 0.29) is 5.91 Å². The number of aromatic nitrogens is 3. The van der Waals surface area contributed by atoms with Gasteiger partial charge < -0.3 is 10.3 Å². The van der Waals surface area contributed by atoms with E-state index in [9.17, 15) is 4.79 Å². The van der Waals surface area contributed by atoms with Crippen LogP contribution in [0, 0.1) is 0 Å². The van der Waals surface area contributed by atoms with Crippen molar-refractivity contribution in [3.8, 4) is 0 Å². The van der Waals surface area contributed by atoms with Gasteiger partial charge in [-0.15, -0.1) is 0 Å². The van der Waals surface area contributed by atoms with E-state index < -0.39 is 0 Å². The van der Waals surface area contributed by atoms with E-state index in [4.69, 9.17) is 0 Å². The van der Waals surface area contributed by atoms with Gasteiger partial charge in [-0.3, -0.25) is 4.79 Å². The van der Waals surface area contributed by atoms with Crippen molar-refractivity contribution in [3.05, 3.63) is 53.0 Å². The summed E-state index contributed by atoms with van der Waals surface area (Å²) in [6.45, 7) is 0. The number of anilines is 1. The molecule has 0 atom stereocenters. The summed E-state index contributed by atoms with van der Waals surface area (Å²) in [5, 5.41) is 3.69. The maximum Gasteiger partial charge on any atom is 0.256 e. The van der Waals surface area contributed by atoms with E-state index in [1.54, 1.807) is 6.07 Å². The smallest absolute Gasteiger partial charge is 0.256 e. The Balaban J connectivity index is 1.84. The quantitative estimate of drug-likeness (QED) is 0.763. The second kappa shape index (κ2) is 4.81. The fourth-order valence-electron chi connectivity index (χ4n) is 1.76. The molecule has 3 rings (SSSR count). The minimum absolute atomic E-state index is 0.209. The van der Waals surface area contributed by atoms with E-state index in [2.05, 4.69) is 36.2 Å². The van der Waals surface area contributed by atoms with Gasteiger partial charge in [0.2, 0.25) is 0 Å². The van der Waals surface area contributed by atoms with Crippen LogP contribution in [0.5, 0.6) is 0 Å². The Hall–Kier alpha value is -2.21. The molecular formula is C13H9BrN4O. The predicted molar refractivity (Wildman–Crippen MR) is 76.0 cm³/mol. The highest BCUT2D eigenvalue weighted by molar-refractivity contribution is 9.10. The van der Waals surface area contributed by atoms with Crippen LogP contribution in [0.15, 0.2) is 47.5 Å². The first-order valence-corrected chi connectivity index (χ1v) is 6.38. The molecule has 0 spiro atoms. The summed E-state index contributed by atoms with van der Waals surface area (Å²) >= 11 is 3.19. The molecular weight excluding hydrogens is 308 g/mol. The van der Waals surface area contributed by atoms with Gasteiger partial charge in [0.05, 0.1) is 12.4 Å². The zero-order valence-electron chi connectivity index (χ0n) is 9.72. The first-order valence-electron chi connectivity index (χ1n) is 5.58. The monoisotopic (exact) mass is 316 g/mol. The molecule has 19 heavy (non-hydrogen) atoms. The number of carbonyl (C=O) groups excluding carboxylic acids is 1. The standard InChI is InChI=1S/C13H9BrN4O/c14-11-6-17-12(7-16-11)18-13(19)9-1-2-10-8(5-9)3-4-15-10/h1-7,15H,(H,17,18,19). The number of fused-ring (bicyclic) bond motifs is 1. The third kappa shape index (κ3) is 2.48. The number of aromatic amines is 1. The molecule has 1 aromatic carbocycles. The lowest BCUT2D eigenvalue weighted by molar-refractivity contribution is 0.102. The zero-order chi connectivity index (χ0) is 13.2. The molecule has 2 aromatic heterocycles. The first kappa shape index (κ1) is 11.9. The minimum Gasteiger partial charge on any atom is -0.361 e. The number of rotatable bonds is 2. The highest BCUT2D eigenvalue weighted by Crippen LogP contribution is 2.15. The third-order valence-corrected chi connectivity index (χ3v) is 3.09. The van der Waals surface area contributed by atoms with Crippen LogP contribution in [-0.4, -0.2) is 20.9 Å².